The SMILES string of the molecule is CCNc1nc(CC2CC2)nc(COC)c1I. The fourth-order valence-corrected chi connectivity index (χ4v) is 2.32. The summed E-state index contributed by atoms with van der Waals surface area (Å²) in [5.41, 5.74) is 0.995. The molecule has 17 heavy (non-hydrogen) atoms. The van der Waals surface area contributed by atoms with E-state index in [2.05, 4.69) is 44.8 Å². The van der Waals surface area contributed by atoms with Gasteiger partial charge in [-0.1, -0.05) is 0 Å². The molecule has 0 atom stereocenters. The van der Waals surface area contributed by atoms with Crippen LogP contribution in [0.3, 0.4) is 0 Å². The first kappa shape index (κ1) is 13.0. The molecular weight excluding hydrogens is 329 g/mol. The molecule has 1 aliphatic carbocycles. The van der Waals surface area contributed by atoms with Crippen molar-refractivity contribution in [3.8, 4) is 0 Å². The molecule has 0 saturated heterocycles. The number of rotatable bonds is 6. The van der Waals surface area contributed by atoms with E-state index in [1.165, 1.54) is 12.8 Å². The van der Waals surface area contributed by atoms with E-state index in [4.69, 9.17) is 4.74 Å². The van der Waals surface area contributed by atoms with Crippen LogP contribution in [-0.2, 0) is 17.8 Å². The molecule has 1 aromatic rings. The lowest BCUT2D eigenvalue weighted by molar-refractivity contribution is 0.180. The quantitative estimate of drug-likeness (QED) is 0.804. The van der Waals surface area contributed by atoms with Crippen molar-refractivity contribution in [1.82, 2.24) is 9.97 Å². The summed E-state index contributed by atoms with van der Waals surface area (Å²) in [6, 6.07) is 0. The van der Waals surface area contributed by atoms with Crippen molar-refractivity contribution in [2.75, 3.05) is 19.0 Å². The molecule has 2 rings (SSSR count). The molecule has 0 unspecified atom stereocenters. The van der Waals surface area contributed by atoms with Crippen LogP contribution in [-0.4, -0.2) is 23.6 Å². The number of ether oxygens (including phenoxy) is 1. The van der Waals surface area contributed by atoms with Gasteiger partial charge in [0.15, 0.2) is 0 Å². The summed E-state index contributed by atoms with van der Waals surface area (Å²) in [4.78, 5) is 9.20. The van der Waals surface area contributed by atoms with Crippen LogP contribution >= 0.6 is 22.6 Å². The highest BCUT2D eigenvalue weighted by atomic mass is 127. The smallest absolute Gasteiger partial charge is 0.143 e. The molecule has 1 aromatic heterocycles. The molecule has 1 fully saturated rings. The summed E-state index contributed by atoms with van der Waals surface area (Å²) in [5.74, 6) is 2.71. The van der Waals surface area contributed by atoms with E-state index in [9.17, 15) is 0 Å². The van der Waals surface area contributed by atoms with Crippen LogP contribution in [0.15, 0.2) is 0 Å². The largest absolute Gasteiger partial charge is 0.378 e. The van der Waals surface area contributed by atoms with Crippen molar-refractivity contribution in [3.63, 3.8) is 0 Å². The lowest BCUT2D eigenvalue weighted by atomic mass is 10.2. The second-order valence-electron chi connectivity index (χ2n) is 4.36. The zero-order valence-corrected chi connectivity index (χ0v) is 12.5. The molecule has 94 valence electrons. The maximum atomic E-state index is 5.19. The Balaban J connectivity index is 2.25. The average molecular weight is 347 g/mol. The van der Waals surface area contributed by atoms with Gasteiger partial charge in [-0.3, -0.25) is 0 Å². The number of halogens is 1. The first-order valence-corrected chi connectivity index (χ1v) is 7.10. The average Bonchev–Trinajstić information content (AvgIpc) is 3.09. The van der Waals surface area contributed by atoms with Gasteiger partial charge >= 0.3 is 0 Å². The van der Waals surface area contributed by atoms with Gasteiger partial charge in [-0.2, -0.15) is 0 Å². The number of nitrogens with zero attached hydrogens (tertiary/aromatic N) is 2. The number of methoxy groups -OCH3 is 1. The maximum absolute atomic E-state index is 5.19. The first-order valence-electron chi connectivity index (χ1n) is 6.02. The van der Waals surface area contributed by atoms with Gasteiger partial charge in [0.1, 0.15) is 11.6 Å². The Kier molecular flexibility index (Phi) is 4.55. The van der Waals surface area contributed by atoms with Crippen molar-refractivity contribution in [2.24, 2.45) is 5.92 Å². The predicted molar refractivity (Wildman–Crippen MR) is 76.1 cm³/mol. The standard InChI is InChI=1S/C12H18IN3O/c1-3-14-12-11(13)9(7-17-2)15-10(16-12)6-8-4-5-8/h8H,3-7H2,1-2H3,(H,14,15,16). The van der Waals surface area contributed by atoms with Crippen molar-refractivity contribution in [1.29, 1.82) is 0 Å². The minimum atomic E-state index is 0.552. The Morgan fingerprint density at radius 3 is 2.76 bits per heavy atom. The third kappa shape index (κ3) is 3.51. The van der Waals surface area contributed by atoms with E-state index < -0.39 is 0 Å². The Hall–Kier alpha value is -0.430. The first-order chi connectivity index (χ1) is 8.24. The van der Waals surface area contributed by atoms with Crippen LogP contribution in [0, 0.1) is 9.49 Å². The molecule has 1 saturated carbocycles. The lowest BCUT2D eigenvalue weighted by Crippen LogP contribution is -2.10. The van der Waals surface area contributed by atoms with Crippen LogP contribution in [0.5, 0.6) is 0 Å². The zero-order valence-electron chi connectivity index (χ0n) is 10.3. The van der Waals surface area contributed by atoms with Crippen LogP contribution in [0.2, 0.25) is 0 Å². The molecule has 5 heteroatoms. The zero-order chi connectivity index (χ0) is 12.3. The molecule has 1 heterocycles. The van der Waals surface area contributed by atoms with Crippen LogP contribution in [0.4, 0.5) is 5.82 Å². The summed E-state index contributed by atoms with van der Waals surface area (Å²) in [6.07, 6.45) is 3.66. The number of hydrogen-bond donors (Lipinski definition) is 1. The van der Waals surface area contributed by atoms with Crippen molar-refractivity contribution in [3.05, 3.63) is 15.1 Å². The van der Waals surface area contributed by atoms with E-state index in [0.29, 0.717) is 6.61 Å². The second-order valence-corrected chi connectivity index (χ2v) is 5.44. The van der Waals surface area contributed by atoms with E-state index in [0.717, 1.165) is 39.8 Å². The number of aromatic nitrogens is 2. The van der Waals surface area contributed by atoms with Gasteiger partial charge in [0.2, 0.25) is 0 Å². The predicted octanol–water partition coefficient (Wildman–Crippen LogP) is 2.61. The molecule has 4 nitrogen and oxygen atoms in total. The van der Waals surface area contributed by atoms with Crippen molar-refractivity contribution in [2.45, 2.75) is 32.8 Å². The van der Waals surface area contributed by atoms with Gasteiger partial charge in [-0.25, -0.2) is 9.97 Å². The summed E-state index contributed by atoms with van der Waals surface area (Å²) in [5, 5.41) is 3.29. The Bertz CT molecular complexity index is 366. The minimum absolute atomic E-state index is 0.552. The fraction of sp³-hybridized carbons (Fsp3) is 0.667. The van der Waals surface area contributed by atoms with E-state index in [1.807, 2.05) is 0 Å². The van der Waals surface area contributed by atoms with Gasteiger partial charge in [0.25, 0.3) is 0 Å². The summed E-state index contributed by atoms with van der Waals surface area (Å²) < 4.78 is 6.27. The van der Waals surface area contributed by atoms with Crippen molar-refractivity contribution < 1.29 is 4.74 Å². The Labute approximate surface area is 116 Å². The van der Waals surface area contributed by atoms with Gasteiger partial charge in [0.05, 0.1) is 15.9 Å². The van der Waals surface area contributed by atoms with E-state index in [1.54, 1.807) is 7.11 Å². The number of nitrogens with one attached hydrogen (secondary N) is 1. The highest BCUT2D eigenvalue weighted by Crippen LogP contribution is 2.32. The molecule has 0 radical (unpaired) electrons. The van der Waals surface area contributed by atoms with Gasteiger partial charge < -0.3 is 10.1 Å². The summed E-state index contributed by atoms with van der Waals surface area (Å²) in [6.45, 7) is 3.51. The van der Waals surface area contributed by atoms with Crippen LogP contribution in [0.25, 0.3) is 0 Å². The molecule has 0 amide bonds. The second kappa shape index (κ2) is 5.95. The maximum Gasteiger partial charge on any atom is 0.143 e. The molecule has 0 spiro atoms. The Morgan fingerprint density at radius 1 is 1.41 bits per heavy atom. The topological polar surface area (TPSA) is 47.0 Å². The van der Waals surface area contributed by atoms with E-state index >= 15 is 0 Å². The highest BCUT2D eigenvalue weighted by molar-refractivity contribution is 14.1. The van der Waals surface area contributed by atoms with Crippen LogP contribution < -0.4 is 5.32 Å². The lowest BCUT2D eigenvalue weighted by Gasteiger charge is -2.11. The molecule has 1 aliphatic rings. The van der Waals surface area contributed by atoms with Gasteiger partial charge in [0, 0.05) is 20.1 Å². The fourth-order valence-electron chi connectivity index (χ4n) is 1.73. The molecule has 0 bridgehead atoms. The molecule has 1 N–H and O–H groups in total. The van der Waals surface area contributed by atoms with Gasteiger partial charge in [-0.05, 0) is 48.3 Å². The van der Waals surface area contributed by atoms with Gasteiger partial charge in [-0.15, -0.1) is 0 Å². The molecule has 0 aromatic carbocycles. The van der Waals surface area contributed by atoms with Crippen LogP contribution in [0.1, 0.15) is 31.3 Å². The third-order valence-electron chi connectivity index (χ3n) is 2.76. The normalized spacial score (nSPS) is 15.0. The minimum Gasteiger partial charge on any atom is -0.378 e. The number of hydrogen-bond acceptors (Lipinski definition) is 4. The van der Waals surface area contributed by atoms with E-state index in [-0.39, 0.29) is 0 Å². The summed E-state index contributed by atoms with van der Waals surface area (Å²) in [7, 11) is 1.70. The molecule has 0 aliphatic heterocycles. The highest BCUT2D eigenvalue weighted by Gasteiger charge is 2.24. The number of anilines is 1. The third-order valence-corrected chi connectivity index (χ3v) is 3.89. The van der Waals surface area contributed by atoms with Crippen molar-refractivity contribution >= 4 is 28.4 Å². The molecular formula is C12H18IN3O. The Morgan fingerprint density at radius 2 is 2.18 bits per heavy atom. The monoisotopic (exact) mass is 347 g/mol. The summed E-state index contributed by atoms with van der Waals surface area (Å²) >= 11 is 2.29.